The number of hydrogen-bond acceptors (Lipinski definition) is 8. The second-order valence-electron chi connectivity index (χ2n) is 8.56. The van der Waals surface area contributed by atoms with E-state index < -0.39 is 35.6 Å². The number of fused-ring (bicyclic) bond motifs is 1. The number of β-amino-alcohol motifs (C(OH)–C–C–N with tert-alkyl or cyclic N) is 1. The molecule has 0 saturated carbocycles. The van der Waals surface area contributed by atoms with Crippen molar-refractivity contribution in [3.63, 3.8) is 0 Å². The molecule has 1 aromatic rings. The molecule has 0 aromatic heterocycles. The summed E-state index contributed by atoms with van der Waals surface area (Å²) in [6.07, 6.45) is 3.67. The van der Waals surface area contributed by atoms with Crippen molar-refractivity contribution < 1.29 is 34.2 Å². The van der Waals surface area contributed by atoms with Crippen LogP contribution < -0.4 is 5.73 Å². The second-order valence-corrected chi connectivity index (χ2v) is 8.56. The molecule has 184 valence electrons. The summed E-state index contributed by atoms with van der Waals surface area (Å²) >= 11 is 0. The van der Waals surface area contributed by atoms with Crippen LogP contribution in [0.25, 0.3) is 0 Å². The van der Waals surface area contributed by atoms with Gasteiger partial charge >= 0.3 is 5.97 Å². The Kier molecular flexibility index (Phi) is 8.00. The molecule has 2 saturated heterocycles. The zero-order valence-electron chi connectivity index (χ0n) is 19.1. The van der Waals surface area contributed by atoms with Crippen LogP contribution in [0.2, 0.25) is 0 Å². The molecule has 11 nitrogen and oxygen atoms in total. The fraction of sp³-hybridized carbons (Fsp3) is 0.522. The Morgan fingerprint density at radius 3 is 2.35 bits per heavy atom. The number of carbonyl (C=O) groups excluding carboxylic acids is 4. The van der Waals surface area contributed by atoms with Crippen LogP contribution in [0.5, 0.6) is 0 Å². The summed E-state index contributed by atoms with van der Waals surface area (Å²) in [5.41, 5.74) is 6.34. The van der Waals surface area contributed by atoms with Gasteiger partial charge in [-0.3, -0.25) is 38.7 Å². The Labute approximate surface area is 197 Å². The van der Waals surface area contributed by atoms with Gasteiger partial charge in [-0.25, -0.2) is 0 Å². The number of carboxylic acids is 1. The predicted molar refractivity (Wildman–Crippen MR) is 121 cm³/mol. The molecule has 1 unspecified atom stereocenters. The standard InChI is InChI=1S/C15H15N3O5.C8H15NO2/c16-8-1-2-9-10(7-8)14(22)18(13(9)21)11-3-4-12(20)17(5-6-19)15(11)23;1-7(8(10)11)9-5-3-2-4-6-9/h1-2,7,11,19H,3-6,16H2;7H,2-6H2,1H3,(H,10,11)/t;7-/m.0/s1. The van der Waals surface area contributed by atoms with Gasteiger partial charge in [0.05, 0.1) is 24.3 Å². The van der Waals surface area contributed by atoms with Crippen LogP contribution in [0.3, 0.4) is 0 Å². The zero-order valence-corrected chi connectivity index (χ0v) is 19.1. The fourth-order valence-corrected chi connectivity index (χ4v) is 4.42. The highest BCUT2D eigenvalue weighted by molar-refractivity contribution is 6.23. The third-order valence-electron chi connectivity index (χ3n) is 6.36. The maximum atomic E-state index is 12.5. The third-order valence-corrected chi connectivity index (χ3v) is 6.36. The monoisotopic (exact) mass is 474 g/mol. The number of piperidine rings is 2. The number of benzene rings is 1. The average molecular weight is 475 g/mol. The molecule has 34 heavy (non-hydrogen) atoms. The van der Waals surface area contributed by atoms with E-state index in [-0.39, 0.29) is 43.2 Å². The first-order valence-electron chi connectivity index (χ1n) is 11.4. The van der Waals surface area contributed by atoms with E-state index in [0.29, 0.717) is 5.69 Å². The van der Waals surface area contributed by atoms with Crippen molar-refractivity contribution in [1.82, 2.24) is 14.7 Å². The molecule has 0 spiro atoms. The number of nitrogens with zero attached hydrogens (tertiary/aromatic N) is 3. The Hall–Kier alpha value is -3.31. The molecule has 0 bridgehead atoms. The van der Waals surface area contributed by atoms with Gasteiger partial charge in [0.1, 0.15) is 12.1 Å². The second kappa shape index (κ2) is 10.7. The minimum Gasteiger partial charge on any atom is -0.480 e. The highest BCUT2D eigenvalue weighted by atomic mass is 16.4. The molecule has 3 heterocycles. The average Bonchev–Trinajstić information content (AvgIpc) is 3.06. The molecule has 2 atom stereocenters. The topological polar surface area (TPSA) is 162 Å². The lowest BCUT2D eigenvalue weighted by atomic mass is 10.0. The van der Waals surface area contributed by atoms with Crippen molar-refractivity contribution in [3.8, 4) is 0 Å². The van der Waals surface area contributed by atoms with Crippen LogP contribution in [-0.4, -0.2) is 92.8 Å². The zero-order chi connectivity index (χ0) is 25.0. The normalized spacial score (nSPS) is 21.8. The minimum atomic E-state index is -1.03. The molecule has 1 aromatic carbocycles. The fourth-order valence-electron chi connectivity index (χ4n) is 4.42. The number of likely N-dealkylation sites (tertiary alicyclic amines) is 2. The summed E-state index contributed by atoms with van der Waals surface area (Å²) in [6, 6.07) is 3.04. The smallest absolute Gasteiger partial charge is 0.320 e. The van der Waals surface area contributed by atoms with Crippen molar-refractivity contribution in [1.29, 1.82) is 0 Å². The molecule has 0 aliphatic carbocycles. The van der Waals surface area contributed by atoms with Gasteiger partial charge in [0.2, 0.25) is 5.91 Å². The van der Waals surface area contributed by atoms with E-state index in [4.69, 9.17) is 15.9 Å². The van der Waals surface area contributed by atoms with E-state index in [1.165, 1.54) is 24.6 Å². The van der Waals surface area contributed by atoms with Crippen LogP contribution in [0.4, 0.5) is 5.69 Å². The summed E-state index contributed by atoms with van der Waals surface area (Å²) in [7, 11) is 0. The van der Waals surface area contributed by atoms with Gasteiger partial charge in [0.25, 0.3) is 17.7 Å². The Balaban J connectivity index is 0.000000248. The molecular weight excluding hydrogens is 444 g/mol. The number of nitrogens with two attached hydrogens (primary N) is 1. The van der Waals surface area contributed by atoms with Gasteiger partial charge in [-0.15, -0.1) is 0 Å². The highest BCUT2D eigenvalue weighted by Crippen LogP contribution is 2.30. The maximum Gasteiger partial charge on any atom is 0.320 e. The first-order valence-corrected chi connectivity index (χ1v) is 11.4. The van der Waals surface area contributed by atoms with Gasteiger partial charge in [-0.1, -0.05) is 6.42 Å². The number of amides is 4. The molecule has 3 aliphatic heterocycles. The van der Waals surface area contributed by atoms with Crippen LogP contribution in [0.1, 0.15) is 59.7 Å². The summed E-state index contributed by atoms with van der Waals surface area (Å²) < 4.78 is 0. The van der Waals surface area contributed by atoms with E-state index in [2.05, 4.69) is 0 Å². The van der Waals surface area contributed by atoms with E-state index in [0.717, 1.165) is 35.7 Å². The van der Waals surface area contributed by atoms with Crippen molar-refractivity contribution in [2.45, 2.75) is 51.1 Å². The number of aliphatic hydroxyl groups is 1. The van der Waals surface area contributed by atoms with Gasteiger partial charge in [0.15, 0.2) is 0 Å². The molecule has 3 aliphatic rings. The molecular formula is C23H30N4O7. The first-order chi connectivity index (χ1) is 16.2. The number of nitrogen functional groups attached to an aromatic ring is 1. The van der Waals surface area contributed by atoms with Crippen LogP contribution in [0.15, 0.2) is 18.2 Å². The van der Waals surface area contributed by atoms with Gasteiger partial charge in [-0.05, 0) is 57.5 Å². The number of anilines is 1. The van der Waals surface area contributed by atoms with E-state index >= 15 is 0 Å². The number of aliphatic hydroxyl groups excluding tert-OH is 1. The SMILES string of the molecule is C[C@@H](C(=O)O)N1CCCCC1.Nc1ccc2c(c1)C(=O)N(C1CCC(=O)N(CCO)C1=O)C2=O. The van der Waals surface area contributed by atoms with Crippen LogP contribution in [0, 0.1) is 0 Å². The van der Waals surface area contributed by atoms with Crippen LogP contribution in [-0.2, 0) is 14.4 Å². The van der Waals surface area contributed by atoms with Gasteiger partial charge in [-0.2, -0.15) is 0 Å². The van der Waals surface area contributed by atoms with Crippen molar-refractivity contribution >= 4 is 35.3 Å². The largest absolute Gasteiger partial charge is 0.480 e. The van der Waals surface area contributed by atoms with Crippen LogP contribution >= 0.6 is 0 Å². The lowest BCUT2D eigenvalue weighted by Crippen LogP contribution is -2.56. The number of aliphatic carboxylic acids is 1. The molecule has 4 rings (SSSR count). The Bertz CT molecular complexity index is 990. The number of carbonyl (C=O) groups is 5. The predicted octanol–water partition coefficient (Wildman–Crippen LogP) is 0.320. The highest BCUT2D eigenvalue weighted by Gasteiger charge is 2.46. The molecule has 4 amide bonds. The lowest BCUT2D eigenvalue weighted by Gasteiger charge is -2.34. The summed E-state index contributed by atoms with van der Waals surface area (Å²) in [5.74, 6) is -2.92. The minimum absolute atomic E-state index is 0.0337. The van der Waals surface area contributed by atoms with Crippen molar-refractivity contribution in [2.24, 2.45) is 0 Å². The number of hydrogen-bond donors (Lipinski definition) is 3. The molecule has 2 fully saturated rings. The quantitative estimate of drug-likeness (QED) is 0.403. The van der Waals surface area contributed by atoms with Gasteiger partial charge in [0, 0.05) is 12.1 Å². The number of carboxylic acid groups (broad SMARTS) is 1. The van der Waals surface area contributed by atoms with E-state index in [9.17, 15) is 24.0 Å². The Morgan fingerprint density at radius 1 is 1.09 bits per heavy atom. The summed E-state index contributed by atoms with van der Waals surface area (Å²) in [5, 5.41) is 17.7. The maximum absolute atomic E-state index is 12.5. The van der Waals surface area contributed by atoms with E-state index in [1.807, 2.05) is 4.90 Å². The third kappa shape index (κ3) is 5.10. The lowest BCUT2D eigenvalue weighted by molar-refractivity contribution is -0.152. The number of imide groups is 2. The van der Waals surface area contributed by atoms with Gasteiger partial charge < -0.3 is 15.9 Å². The summed E-state index contributed by atoms with van der Waals surface area (Å²) in [6.45, 7) is 3.14. The van der Waals surface area contributed by atoms with E-state index in [1.54, 1.807) is 6.92 Å². The van der Waals surface area contributed by atoms with Crippen molar-refractivity contribution in [3.05, 3.63) is 29.3 Å². The Morgan fingerprint density at radius 2 is 1.74 bits per heavy atom. The molecule has 4 N–H and O–H groups in total. The molecule has 0 radical (unpaired) electrons. The molecule has 11 heteroatoms. The number of rotatable bonds is 5. The summed E-state index contributed by atoms with van der Waals surface area (Å²) in [4.78, 5) is 63.6. The van der Waals surface area contributed by atoms with Crippen molar-refractivity contribution in [2.75, 3.05) is 32.0 Å². The first kappa shape index (κ1) is 25.3.